The number of hydrogen-bond acceptors (Lipinski definition) is 1. The normalized spacial score (nSPS) is 22.0. The molecule has 1 saturated heterocycles. The molecule has 0 amide bonds. The molecular formula is C15H22FN. The molecule has 2 rings (SSSR count). The van der Waals surface area contributed by atoms with Gasteiger partial charge in [0, 0.05) is 12.6 Å². The SMILES string of the molecule is CC(C)N1CCC[C@@H](Cc2ccc(F)cc2)C1. The summed E-state index contributed by atoms with van der Waals surface area (Å²) in [5, 5.41) is 0. The van der Waals surface area contributed by atoms with Gasteiger partial charge < -0.3 is 4.90 Å². The minimum absolute atomic E-state index is 0.138. The van der Waals surface area contributed by atoms with Crippen molar-refractivity contribution in [3.05, 3.63) is 35.6 Å². The number of benzene rings is 1. The maximum Gasteiger partial charge on any atom is 0.123 e. The summed E-state index contributed by atoms with van der Waals surface area (Å²) < 4.78 is 12.8. The first-order valence-electron chi connectivity index (χ1n) is 6.63. The summed E-state index contributed by atoms with van der Waals surface area (Å²) in [6.45, 7) is 6.95. The lowest BCUT2D eigenvalue weighted by Crippen LogP contribution is -2.40. The van der Waals surface area contributed by atoms with Crippen molar-refractivity contribution in [2.24, 2.45) is 5.92 Å². The number of hydrogen-bond donors (Lipinski definition) is 0. The maximum absolute atomic E-state index is 12.8. The molecule has 17 heavy (non-hydrogen) atoms. The van der Waals surface area contributed by atoms with Crippen LogP contribution in [0.2, 0.25) is 0 Å². The number of halogens is 1. The van der Waals surface area contributed by atoms with Crippen LogP contribution < -0.4 is 0 Å². The Morgan fingerprint density at radius 1 is 1.29 bits per heavy atom. The van der Waals surface area contributed by atoms with E-state index < -0.39 is 0 Å². The Bertz CT molecular complexity index is 344. The lowest BCUT2D eigenvalue weighted by molar-refractivity contribution is 0.139. The Labute approximate surface area is 104 Å². The second-order valence-electron chi connectivity index (χ2n) is 5.43. The van der Waals surface area contributed by atoms with Gasteiger partial charge in [0.15, 0.2) is 0 Å². The van der Waals surface area contributed by atoms with Gasteiger partial charge in [0.1, 0.15) is 5.82 Å². The predicted octanol–water partition coefficient (Wildman–Crippen LogP) is 3.49. The second kappa shape index (κ2) is 5.63. The summed E-state index contributed by atoms with van der Waals surface area (Å²) in [6, 6.07) is 7.62. The molecule has 1 fully saturated rings. The minimum atomic E-state index is -0.138. The van der Waals surface area contributed by atoms with Gasteiger partial charge in [0.05, 0.1) is 0 Å². The summed E-state index contributed by atoms with van der Waals surface area (Å²) in [6.07, 6.45) is 3.69. The summed E-state index contributed by atoms with van der Waals surface area (Å²) in [4.78, 5) is 2.55. The van der Waals surface area contributed by atoms with E-state index in [1.54, 1.807) is 12.1 Å². The van der Waals surface area contributed by atoms with Crippen molar-refractivity contribution in [2.45, 2.75) is 39.2 Å². The third-order valence-electron chi connectivity index (χ3n) is 3.72. The fraction of sp³-hybridized carbons (Fsp3) is 0.600. The number of likely N-dealkylation sites (tertiary alicyclic amines) is 1. The van der Waals surface area contributed by atoms with Gasteiger partial charge in [-0.3, -0.25) is 0 Å². The first-order chi connectivity index (χ1) is 8.15. The molecule has 0 unspecified atom stereocenters. The fourth-order valence-corrected chi connectivity index (χ4v) is 2.69. The molecule has 0 spiro atoms. The van der Waals surface area contributed by atoms with E-state index in [1.165, 1.54) is 31.5 Å². The van der Waals surface area contributed by atoms with Gasteiger partial charge in [-0.2, -0.15) is 0 Å². The van der Waals surface area contributed by atoms with Crippen LogP contribution in [0.4, 0.5) is 4.39 Å². The van der Waals surface area contributed by atoms with Gasteiger partial charge in [-0.1, -0.05) is 12.1 Å². The predicted molar refractivity (Wildman–Crippen MR) is 69.5 cm³/mol. The van der Waals surface area contributed by atoms with Crippen molar-refractivity contribution in [3.8, 4) is 0 Å². The highest BCUT2D eigenvalue weighted by molar-refractivity contribution is 5.16. The minimum Gasteiger partial charge on any atom is -0.301 e. The highest BCUT2D eigenvalue weighted by Crippen LogP contribution is 2.22. The van der Waals surface area contributed by atoms with Crippen molar-refractivity contribution < 1.29 is 4.39 Å². The molecule has 1 heterocycles. The molecule has 1 nitrogen and oxygen atoms in total. The number of rotatable bonds is 3. The van der Waals surface area contributed by atoms with E-state index in [0.717, 1.165) is 12.3 Å². The quantitative estimate of drug-likeness (QED) is 0.775. The van der Waals surface area contributed by atoms with Crippen LogP contribution in [0.25, 0.3) is 0 Å². The van der Waals surface area contributed by atoms with E-state index in [2.05, 4.69) is 18.7 Å². The van der Waals surface area contributed by atoms with Crippen molar-refractivity contribution >= 4 is 0 Å². The lowest BCUT2D eigenvalue weighted by atomic mass is 9.91. The van der Waals surface area contributed by atoms with Gasteiger partial charge in [-0.25, -0.2) is 4.39 Å². The molecule has 0 radical (unpaired) electrons. The molecule has 1 atom stereocenters. The number of piperidine rings is 1. The van der Waals surface area contributed by atoms with Crippen LogP contribution in [-0.2, 0) is 6.42 Å². The summed E-state index contributed by atoms with van der Waals surface area (Å²) >= 11 is 0. The maximum atomic E-state index is 12.8. The summed E-state index contributed by atoms with van der Waals surface area (Å²) in [5.41, 5.74) is 1.27. The van der Waals surface area contributed by atoms with Crippen molar-refractivity contribution in [1.82, 2.24) is 4.90 Å². The van der Waals surface area contributed by atoms with Crippen molar-refractivity contribution in [1.29, 1.82) is 0 Å². The summed E-state index contributed by atoms with van der Waals surface area (Å²) in [7, 11) is 0. The lowest BCUT2D eigenvalue weighted by Gasteiger charge is -2.35. The van der Waals surface area contributed by atoms with Gasteiger partial charge in [0.2, 0.25) is 0 Å². The Morgan fingerprint density at radius 3 is 2.65 bits per heavy atom. The molecule has 1 aromatic rings. The van der Waals surface area contributed by atoms with E-state index in [0.29, 0.717) is 6.04 Å². The molecule has 0 bridgehead atoms. The molecule has 0 N–H and O–H groups in total. The van der Waals surface area contributed by atoms with Crippen LogP contribution in [0, 0.1) is 11.7 Å². The Balaban J connectivity index is 1.92. The monoisotopic (exact) mass is 235 g/mol. The average molecular weight is 235 g/mol. The largest absolute Gasteiger partial charge is 0.301 e. The molecule has 0 aromatic heterocycles. The number of nitrogens with zero attached hydrogens (tertiary/aromatic N) is 1. The molecule has 0 saturated carbocycles. The van der Waals surface area contributed by atoms with Crippen molar-refractivity contribution in [3.63, 3.8) is 0 Å². The van der Waals surface area contributed by atoms with Gasteiger partial charge in [0.25, 0.3) is 0 Å². The first-order valence-corrected chi connectivity index (χ1v) is 6.63. The zero-order chi connectivity index (χ0) is 12.3. The van der Waals surface area contributed by atoms with Crippen LogP contribution in [0.1, 0.15) is 32.3 Å². The Hall–Kier alpha value is -0.890. The van der Waals surface area contributed by atoms with Crippen molar-refractivity contribution in [2.75, 3.05) is 13.1 Å². The van der Waals surface area contributed by atoms with Crippen LogP contribution in [0.15, 0.2) is 24.3 Å². The zero-order valence-electron chi connectivity index (χ0n) is 10.8. The third kappa shape index (κ3) is 3.53. The Morgan fingerprint density at radius 2 is 2.00 bits per heavy atom. The molecule has 1 aliphatic rings. The van der Waals surface area contributed by atoms with Crippen LogP contribution >= 0.6 is 0 Å². The van der Waals surface area contributed by atoms with Crippen LogP contribution in [-0.4, -0.2) is 24.0 Å². The fourth-order valence-electron chi connectivity index (χ4n) is 2.69. The molecule has 1 aromatic carbocycles. The topological polar surface area (TPSA) is 3.24 Å². The second-order valence-corrected chi connectivity index (χ2v) is 5.43. The molecule has 94 valence electrons. The molecule has 1 aliphatic heterocycles. The van der Waals surface area contributed by atoms with Gasteiger partial charge in [-0.15, -0.1) is 0 Å². The first kappa shape index (κ1) is 12.6. The smallest absolute Gasteiger partial charge is 0.123 e. The van der Waals surface area contributed by atoms with E-state index in [1.807, 2.05) is 12.1 Å². The van der Waals surface area contributed by atoms with Crippen LogP contribution in [0.3, 0.4) is 0 Å². The standard InChI is InChI=1S/C15H22FN/c1-12(2)17-9-3-4-14(11-17)10-13-5-7-15(16)8-6-13/h5-8,12,14H,3-4,9-11H2,1-2H3/t14-/m0/s1. The highest BCUT2D eigenvalue weighted by atomic mass is 19.1. The third-order valence-corrected chi connectivity index (χ3v) is 3.72. The van der Waals surface area contributed by atoms with E-state index >= 15 is 0 Å². The zero-order valence-corrected chi connectivity index (χ0v) is 10.8. The van der Waals surface area contributed by atoms with Gasteiger partial charge >= 0.3 is 0 Å². The average Bonchev–Trinajstić information content (AvgIpc) is 2.32. The van der Waals surface area contributed by atoms with E-state index in [-0.39, 0.29) is 5.82 Å². The van der Waals surface area contributed by atoms with Gasteiger partial charge in [-0.05, 0) is 63.3 Å². The Kier molecular flexibility index (Phi) is 4.16. The molecular weight excluding hydrogens is 213 g/mol. The molecule has 0 aliphatic carbocycles. The summed E-state index contributed by atoms with van der Waals surface area (Å²) in [5.74, 6) is 0.595. The van der Waals surface area contributed by atoms with Crippen LogP contribution in [0.5, 0.6) is 0 Å². The highest BCUT2D eigenvalue weighted by Gasteiger charge is 2.21. The van der Waals surface area contributed by atoms with E-state index in [4.69, 9.17) is 0 Å². The van der Waals surface area contributed by atoms with E-state index in [9.17, 15) is 4.39 Å². The molecule has 2 heteroatoms.